The third kappa shape index (κ3) is 4.98. The molecule has 0 saturated carbocycles. The fourth-order valence-electron chi connectivity index (χ4n) is 2.46. The van der Waals surface area contributed by atoms with E-state index in [0.29, 0.717) is 19.4 Å². The van der Waals surface area contributed by atoms with Gasteiger partial charge in [-0.3, -0.25) is 9.59 Å². The number of aromatic nitrogens is 1. The van der Waals surface area contributed by atoms with Gasteiger partial charge in [-0.15, -0.1) is 0 Å². The second-order valence-corrected chi connectivity index (χ2v) is 5.38. The third-order valence-corrected chi connectivity index (χ3v) is 3.77. The van der Waals surface area contributed by atoms with Crippen LogP contribution in [-0.4, -0.2) is 40.0 Å². The van der Waals surface area contributed by atoms with E-state index in [1.807, 2.05) is 49.4 Å². The maximum absolute atomic E-state index is 12.2. The van der Waals surface area contributed by atoms with Crippen molar-refractivity contribution in [3.63, 3.8) is 0 Å². The molecule has 23 heavy (non-hydrogen) atoms. The second kappa shape index (κ2) is 8.17. The summed E-state index contributed by atoms with van der Waals surface area (Å²) in [6, 6.07) is 14.0. The van der Waals surface area contributed by atoms with Crippen LogP contribution in [0.5, 0.6) is 0 Å². The molecule has 5 heteroatoms. The van der Waals surface area contributed by atoms with Gasteiger partial charge in [0.25, 0.3) is 0 Å². The molecular formula is C18H22N2O3. The number of nitrogens with one attached hydrogen (secondary N) is 1. The molecule has 0 aliphatic carbocycles. The van der Waals surface area contributed by atoms with Crippen molar-refractivity contribution in [1.29, 1.82) is 0 Å². The van der Waals surface area contributed by atoms with E-state index < -0.39 is 5.97 Å². The molecule has 1 amide bonds. The number of amides is 1. The number of aryl methyl sites for hydroxylation is 1. The largest absolute Gasteiger partial charge is 0.481 e. The minimum atomic E-state index is -0.881. The van der Waals surface area contributed by atoms with Crippen molar-refractivity contribution in [3.8, 4) is 11.3 Å². The molecule has 1 aromatic carbocycles. The van der Waals surface area contributed by atoms with Crippen molar-refractivity contribution in [2.75, 3.05) is 13.1 Å². The van der Waals surface area contributed by atoms with Crippen LogP contribution in [-0.2, 0) is 16.0 Å². The Hall–Kier alpha value is -2.56. The van der Waals surface area contributed by atoms with Gasteiger partial charge in [0.1, 0.15) is 0 Å². The topological polar surface area (TPSA) is 73.4 Å². The minimum absolute atomic E-state index is 0.00962. The number of carbonyl (C=O) groups excluding carboxylic acids is 1. The van der Waals surface area contributed by atoms with Crippen LogP contribution in [0.3, 0.4) is 0 Å². The SMILES string of the molecule is CCN(CCC(=O)O)C(=O)CCc1ccc(-c2ccccc2)[nH]1. The zero-order chi connectivity index (χ0) is 16.7. The van der Waals surface area contributed by atoms with Gasteiger partial charge in [-0.2, -0.15) is 0 Å². The van der Waals surface area contributed by atoms with E-state index in [1.54, 1.807) is 4.90 Å². The fourth-order valence-corrected chi connectivity index (χ4v) is 2.46. The lowest BCUT2D eigenvalue weighted by Crippen LogP contribution is -2.33. The highest BCUT2D eigenvalue weighted by Gasteiger charge is 2.13. The molecule has 5 nitrogen and oxygen atoms in total. The van der Waals surface area contributed by atoms with Gasteiger partial charge in [0, 0.05) is 30.9 Å². The molecule has 0 atom stereocenters. The lowest BCUT2D eigenvalue weighted by molar-refractivity contribution is -0.138. The lowest BCUT2D eigenvalue weighted by atomic mass is 10.2. The van der Waals surface area contributed by atoms with Gasteiger partial charge in [0.2, 0.25) is 5.91 Å². The Kier molecular flexibility index (Phi) is 5.97. The molecule has 0 aliphatic heterocycles. The molecule has 0 aliphatic rings. The maximum Gasteiger partial charge on any atom is 0.305 e. The summed E-state index contributed by atoms with van der Waals surface area (Å²) in [5.41, 5.74) is 3.15. The Balaban J connectivity index is 1.89. The number of aliphatic carboxylic acids is 1. The molecule has 1 aromatic heterocycles. The Morgan fingerprint density at radius 3 is 2.48 bits per heavy atom. The van der Waals surface area contributed by atoms with Crippen molar-refractivity contribution in [2.24, 2.45) is 0 Å². The van der Waals surface area contributed by atoms with Gasteiger partial charge in [-0.25, -0.2) is 0 Å². The van der Waals surface area contributed by atoms with Gasteiger partial charge in [0.05, 0.1) is 6.42 Å². The predicted molar refractivity (Wildman–Crippen MR) is 89.1 cm³/mol. The standard InChI is InChI=1S/C18H22N2O3/c1-2-20(13-12-18(22)23)17(21)11-9-15-8-10-16(19-15)14-6-4-3-5-7-14/h3-8,10,19H,2,9,11-13H2,1H3,(H,22,23). The molecule has 0 radical (unpaired) electrons. The van der Waals surface area contributed by atoms with Crippen molar-refractivity contribution >= 4 is 11.9 Å². The molecule has 0 saturated heterocycles. The Bertz CT molecular complexity index is 649. The first-order chi connectivity index (χ1) is 11.1. The van der Waals surface area contributed by atoms with Gasteiger partial charge < -0.3 is 15.0 Å². The molecule has 1 heterocycles. The molecule has 122 valence electrons. The highest BCUT2D eigenvalue weighted by atomic mass is 16.4. The van der Waals surface area contributed by atoms with Crippen LogP contribution in [0, 0.1) is 0 Å². The smallest absolute Gasteiger partial charge is 0.305 e. The highest BCUT2D eigenvalue weighted by Crippen LogP contribution is 2.18. The molecule has 2 rings (SSSR count). The number of benzene rings is 1. The fraction of sp³-hybridized carbons (Fsp3) is 0.333. The van der Waals surface area contributed by atoms with Crippen molar-refractivity contribution in [1.82, 2.24) is 9.88 Å². The molecule has 2 N–H and O–H groups in total. The average molecular weight is 314 g/mol. The van der Waals surface area contributed by atoms with E-state index >= 15 is 0 Å². The summed E-state index contributed by atoms with van der Waals surface area (Å²) < 4.78 is 0. The van der Waals surface area contributed by atoms with Crippen LogP contribution in [0.25, 0.3) is 11.3 Å². The number of nitrogens with zero attached hydrogens (tertiary/aromatic N) is 1. The molecule has 2 aromatic rings. The zero-order valence-corrected chi connectivity index (χ0v) is 13.3. The van der Waals surface area contributed by atoms with Crippen LogP contribution in [0.15, 0.2) is 42.5 Å². The lowest BCUT2D eigenvalue weighted by Gasteiger charge is -2.19. The van der Waals surface area contributed by atoms with E-state index in [4.69, 9.17) is 5.11 Å². The van der Waals surface area contributed by atoms with Gasteiger partial charge >= 0.3 is 5.97 Å². The Morgan fingerprint density at radius 2 is 1.83 bits per heavy atom. The first-order valence-corrected chi connectivity index (χ1v) is 7.83. The summed E-state index contributed by atoms with van der Waals surface area (Å²) >= 11 is 0. The van der Waals surface area contributed by atoms with Crippen molar-refractivity contribution < 1.29 is 14.7 Å². The number of carboxylic acids is 1. The highest BCUT2D eigenvalue weighted by molar-refractivity contribution is 5.77. The number of rotatable bonds is 8. The molecular weight excluding hydrogens is 292 g/mol. The summed E-state index contributed by atoms with van der Waals surface area (Å²) in [5, 5.41) is 8.72. The number of hydrogen-bond donors (Lipinski definition) is 2. The summed E-state index contributed by atoms with van der Waals surface area (Å²) in [7, 11) is 0. The number of carbonyl (C=O) groups is 2. The summed E-state index contributed by atoms with van der Waals surface area (Å²) in [6.07, 6.45) is 0.984. The zero-order valence-electron chi connectivity index (χ0n) is 13.3. The molecule has 0 unspecified atom stereocenters. The first kappa shape index (κ1) is 16.8. The van der Waals surface area contributed by atoms with E-state index in [2.05, 4.69) is 4.98 Å². The Labute approximate surface area is 135 Å². The normalized spacial score (nSPS) is 10.5. The average Bonchev–Trinajstić information content (AvgIpc) is 3.03. The Morgan fingerprint density at radius 1 is 1.09 bits per heavy atom. The number of aromatic amines is 1. The van der Waals surface area contributed by atoms with Gasteiger partial charge in [-0.1, -0.05) is 30.3 Å². The molecule has 0 bridgehead atoms. The summed E-state index contributed by atoms with van der Waals surface area (Å²) in [5.74, 6) is -0.891. The van der Waals surface area contributed by atoms with Gasteiger partial charge in [-0.05, 0) is 31.0 Å². The van der Waals surface area contributed by atoms with Gasteiger partial charge in [0.15, 0.2) is 0 Å². The van der Waals surface area contributed by atoms with Crippen molar-refractivity contribution in [3.05, 3.63) is 48.2 Å². The van der Waals surface area contributed by atoms with E-state index in [1.165, 1.54) is 0 Å². The van der Waals surface area contributed by atoms with E-state index in [-0.39, 0.29) is 18.9 Å². The van der Waals surface area contributed by atoms with Crippen LogP contribution < -0.4 is 0 Å². The molecule has 0 fully saturated rings. The van der Waals surface area contributed by atoms with E-state index in [9.17, 15) is 9.59 Å². The first-order valence-electron chi connectivity index (χ1n) is 7.83. The quantitative estimate of drug-likeness (QED) is 0.787. The van der Waals surface area contributed by atoms with E-state index in [0.717, 1.165) is 17.0 Å². The number of H-pyrrole nitrogens is 1. The van der Waals surface area contributed by atoms with Crippen LogP contribution in [0.2, 0.25) is 0 Å². The summed E-state index contributed by atoms with van der Waals surface area (Å²) in [4.78, 5) is 27.7. The maximum atomic E-state index is 12.2. The third-order valence-electron chi connectivity index (χ3n) is 3.77. The number of hydrogen-bond acceptors (Lipinski definition) is 2. The van der Waals surface area contributed by atoms with Crippen LogP contribution >= 0.6 is 0 Å². The number of carboxylic acid groups (broad SMARTS) is 1. The van der Waals surface area contributed by atoms with Crippen LogP contribution in [0.4, 0.5) is 0 Å². The minimum Gasteiger partial charge on any atom is -0.481 e. The second-order valence-electron chi connectivity index (χ2n) is 5.38. The van der Waals surface area contributed by atoms with Crippen molar-refractivity contribution in [2.45, 2.75) is 26.2 Å². The summed E-state index contributed by atoms with van der Waals surface area (Å²) in [6.45, 7) is 2.67. The molecule has 0 spiro atoms. The monoisotopic (exact) mass is 314 g/mol. The predicted octanol–water partition coefficient (Wildman–Crippen LogP) is 2.94. The van der Waals surface area contributed by atoms with Crippen LogP contribution in [0.1, 0.15) is 25.5 Å².